The van der Waals surface area contributed by atoms with Crippen molar-refractivity contribution < 1.29 is 4.79 Å². The quantitative estimate of drug-likeness (QED) is 0.737. The van der Waals surface area contributed by atoms with Gasteiger partial charge in [-0.05, 0) is 38.8 Å². The van der Waals surface area contributed by atoms with Gasteiger partial charge < -0.3 is 4.90 Å². The standard InChI is InChI=1S/C17H20N6O/c1-12-9-13(2)23(20-12)10-14-5-3-8-22(14)16(24)15-11-21-7-4-6-18-17(21)19-15/h4,6-7,9,11,14H,3,5,8,10H2,1-2H3/t14-/m1/s1. The molecule has 0 spiro atoms. The van der Waals surface area contributed by atoms with Crippen LogP contribution in [0.1, 0.15) is 34.7 Å². The van der Waals surface area contributed by atoms with Gasteiger partial charge in [0.1, 0.15) is 5.69 Å². The first-order valence-electron chi connectivity index (χ1n) is 8.23. The van der Waals surface area contributed by atoms with Gasteiger partial charge in [0, 0.05) is 30.8 Å². The largest absolute Gasteiger partial charge is 0.332 e. The van der Waals surface area contributed by atoms with Gasteiger partial charge >= 0.3 is 0 Å². The maximum absolute atomic E-state index is 12.9. The predicted octanol–water partition coefficient (Wildman–Crippen LogP) is 1.85. The van der Waals surface area contributed by atoms with E-state index in [2.05, 4.69) is 28.1 Å². The van der Waals surface area contributed by atoms with E-state index in [4.69, 9.17) is 0 Å². The number of carbonyl (C=O) groups excluding carboxylic acids is 1. The number of rotatable bonds is 3. The fourth-order valence-electron chi connectivity index (χ4n) is 3.43. The van der Waals surface area contributed by atoms with Crippen molar-refractivity contribution in [3.8, 4) is 0 Å². The summed E-state index contributed by atoms with van der Waals surface area (Å²) >= 11 is 0. The molecule has 124 valence electrons. The smallest absolute Gasteiger partial charge is 0.274 e. The van der Waals surface area contributed by atoms with Gasteiger partial charge in [-0.1, -0.05) is 0 Å². The first kappa shape index (κ1) is 14.9. The van der Waals surface area contributed by atoms with Gasteiger partial charge in [0.2, 0.25) is 5.78 Å². The van der Waals surface area contributed by atoms with Crippen molar-refractivity contribution in [3.63, 3.8) is 0 Å². The number of fused-ring (bicyclic) bond motifs is 1. The van der Waals surface area contributed by atoms with Crippen LogP contribution in [0, 0.1) is 13.8 Å². The van der Waals surface area contributed by atoms with Crippen LogP contribution in [0.25, 0.3) is 5.78 Å². The zero-order valence-corrected chi connectivity index (χ0v) is 13.9. The Kier molecular flexibility index (Phi) is 3.55. The van der Waals surface area contributed by atoms with Crippen LogP contribution in [0.15, 0.2) is 30.7 Å². The molecule has 1 aliphatic heterocycles. The number of amides is 1. The highest BCUT2D eigenvalue weighted by atomic mass is 16.2. The summed E-state index contributed by atoms with van der Waals surface area (Å²) < 4.78 is 3.77. The maximum atomic E-state index is 12.9. The number of likely N-dealkylation sites (tertiary alicyclic amines) is 1. The van der Waals surface area contributed by atoms with Gasteiger partial charge in [-0.3, -0.25) is 13.9 Å². The Bertz CT molecular complexity index is 863. The Labute approximate surface area is 139 Å². The number of carbonyl (C=O) groups is 1. The Morgan fingerprint density at radius 2 is 2.25 bits per heavy atom. The first-order chi connectivity index (χ1) is 11.6. The SMILES string of the molecule is Cc1cc(C)n(C[C@H]2CCCN2C(=O)c2cn3cccnc3n2)n1. The lowest BCUT2D eigenvalue weighted by atomic mass is 10.2. The molecule has 1 amide bonds. The van der Waals surface area contributed by atoms with E-state index in [0.29, 0.717) is 11.5 Å². The van der Waals surface area contributed by atoms with Crippen molar-refractivity contribution in [1.29, 1.82) is 0 Å². The molecule has 0 aromatic carbocycles. The molecule has 0 bridgehead atoms. The minimum absolute atomic E-state index is 0.0236. The topological polar surface area (TPSA) is 68.3 Å². The summed E-state index contributed by atoms with van der Waals surface area (Å²) in [6, 6.07) is 4.05. The normalized spacial score (nSPS) is 17.8. The minimum atomic E-state index is -0.0236. The number of nitrogens with zero attached hydrogens (tertiary/aromatic N) is 6. The molecule has 0 N–H and O–H groups in total. The number of aryl methyl sites for hydroxylation is 2. The second-order valence-electron chi connectivity index (χ2n) is 6.36. The molecule has 7 nitrogen and oxygen atoms in total. The number of hydrogen-bond donors (Lipinski definition) is 0. The highest BCUT2D eigenvalue weighted by Gasteiger charge is 2.31. The Hall–Kier alpha value is -2.70. The molecule has 4 heterocycles. The van der Waals surface area contributed by atoms with Crippen LogP contribution in [0.2, 0.25) is 0 Å². The molecule has 1 atom stereocenters. The summed E-state index contributed by atoms with van der Waals surface area (Å²) in [6.07, 6.45) is 7.29. The van der Waals surface area contributed by atoms with Crippen LogP contribution in [0.4, 0.5) is 0 Å². The van der Waals surface area contributed by atoms with Crippen LogP contribution in [-0.4, -0.2) is 47.5 Å². The average Bonchev–Trinajstić information content (AvgIpc) is 3.26. The summed E-state index contributed by atoms with van der Waals surface area (Å²) in [6.45, 7) is 5.54. The summed E-state index contributed by atoms with van der Waals surface area (Å²) in [7, 11) is 0. The van der Waals surface area contributed by atoms with Gasteiger partial charge in [-0.2, -0.15) is 5.10 Å². The molecule has 0 aliphatic carbocycles. The van der Waals surface area contributed by atoms with Crippen LogP contribution in [0.5, 0.6) is 0 Å². The van der Waals surface area contributed by atoms with E-state index >= 15 is 0 Å². The molecule has 0 radical (unpaired) electrons. The van der Waals surface area contributed by atoms with Gasteiger partial charge in [0.05, 0.1) is 18.3 Å². The third kappa shape index (κ3) is 2.55. The summed E-state index contributed by atoms with van der Waals surface area (Å²) in [5.74, 6) is 0.527. The van der Waals surface area contributed by atoms with E-state index in [1.54, 1.807) is 16.8 Å². The zero-order valence-electron chi connectivity index (χ0n) is 13.9. The van der Waals surface area contributed by atoms with Crippen molar-refractivity contribution in [2.45, 2.75) is 39.3 Å². The summed E-state index contributed by atoms with van der Waals surface area (Å²) in [5.41, 5.74) is 2.59. The van der Waals surface area contributed by atoms with Crippen molar-refractivity contribution in [1.82, 2.24) is 29.0 Å². The van der Waals surface area contributed by atoms with Crippen molar-refractivity contribution in [2.24, 2.45) is 0 Å². The predicted molar refractivity (Wildman–Crippen MR) is 88.7 cm³/mol. The van der Waals surface area contributed by atoms with Crippen molar-refractivity contribution in [2.75, 3.05) is 6.54 Å². The van der Waals surface area contributed by atoms with Gasteiger partial charge in [0.15, 0.2) is 0 Å². The molecule has 0 unspecified atom stereocenters. The van der Waals surface area contributed by atoms with E-state index in [0.717, 1.165) is 37.3 Å². The molecule has 3 aromatic heterocycles. The lowest BCUT2D eigenvalue weighted by molar-refractivity contribution is 0.0715. The Morgan fingerprint density at radius 1 is 1.38 bits per heavy atom. The van der Waals surface area contributed by atoms with Crippen LogP contribution < -0.4 is 0 Å². The molecule has 4 rings (SSSR count). The average molecular weight is 324 g/mol. The molecule has 0 saturated carbocycles. The number of aromatic nitrogens is 5. The number of imidazole rings is 1. The summed E-state index contributed by atoms with van der Waals surface area (Å²) in [5, 5.41) is 4.52. The van der Waals surface area contributed by atoms with Crippen LogP contribution >= 0.6 is 0 Å². The molecular formula is C17H20N6O. The van der Waals surface area contributed by atoms with E-state index in [9.17, 15) is 4.79 Å². The molecular weight excluding hydrogens is 304 g/mol. The van der Waals surface area contributed by atoms with E-state index < -0.39 is 0 Å². The molecule has 24 heavy (non-hydrogen) atoms. The maximum Gasteiger partial charge on any atom is 0.274 e. The van der Waals surface area contributed by atoms with Crippen LogP contribution in [0.3, 0.4) is 0 Å². The van der Waals surface area contributed by atoms with Gasteiger partial charge in [0.25, 0.3) is 5.91 Å². The second-order valence-corrected chi connectivity index (χ2v) is 6.36. The minimum Gasteiger partial charge on any atom is -0.332 e. The van der Waals surface area contributed by atoms with Crippen molar-refractivity contribution >= 4 is 11.7 Å². The van der Waals surface area contributed by atoms with Gasteiger partial charge in [-0.25, -0.2) is 9.97 Å². The van der Waals surface area contributed by atoms with Gasteiger partial charge in [-0.15, -0.1) is 0 Å². The molecule has 1 aliphatic rings. The highest BCUT2D eigenvalue weighted by molar-refractivity contribution is 5.93. The Morgan fingerprint density at radius 3 is 3.00 bits per heavy atom. The molecule has 1 saturated heterocycles. The van der Waals surface area contributed by atoms with E-state index in [-0.39, 0.29) is 11.9 Å². The van der Waals surface area contributed by atoms with Crippen molar-refractivity contribution in [3.05, 3.63) is 47.8 Å². The lowest BCUT2D eigenvalue weighted by Gasteiger charge is -2.24. The van der Waals surface area contributed by atoms with E-state index in [1.165, 1.54) is 0 Å². The highest BCUT2D eigenvalue weighted by Crippen LogP contribution is 2.22. The third-order valence-corrected chi connectivity index (χ3v) is 4.58. The molecule has 1 fully saturated rings. The summed E-state index contributed by atoms with van der Waals surface area (Å²) in [4.78, 5) is 23.4. The third-order valence-electron chi connectivity index (χ3n) is 4.58. The van der Waals surface area contributed by atoms with Crippen LogP contribution in [-0.2, 0) is 6.54 Å². The Balaban J connectivity index is 1.57. The fourth-order valence-corrected chi connectivity index (χ4v) is 3.43. The number of hydrogen-bond acceptors (Lipinski definition) is 4. The second kappa shape index (κ2) is 5.74. The monoisotopic (exact) mass is 324 g/mol. The first-order valence-corrected chi connectivity index (χ1v) is 8.23. The molecule has 7 heteroatoms. The van der Waals surface area contributed by atoms with E-state index in [1.807, 2.05) is 28.8 Å². The fraction of sp³-hybridized carbons (Fsp3) is 0.412. The molecule has 3 aromatic rings. The lowest BCUT2D eigenvalue weighted by Crippen LogP contribution is -2.38. The zero-order chi connectivity index (χ0) is 16.7.